The van der Waals surface area contributed by atoms with Crippen molar-refractivity contribution < 1.29 is 9.90 Å². The van der Waals surface area contributed by atoms with Crippen molar-refractivity contribution in [2.45, 2.75) is 68.8 Å². The van der Waals surface area contributed by atoms with Crippen LogP contribution in [0.15, 0.2) is 23.5 Å². The van der Waals surface area contributed by atoms with Gasteiger partial charge >= 0.3 is 0 Å². The Labute approximate surface area is 150 Å². The van der Waals surface area contributed by atoms with Crippen LogP contribution in [0.2, 0.25) is 0 Å². The first-order valence-corrected chi connectivity index (χ1v) is 9.72. The molecule has 1 aliphatic heterocycles. The van der Waals surface area contributed by atoms with Gasteiger partial charge in [0.2, 0.25) is 5.91 Å². The average Bonchev–Trinajstić information content (AvgIpc) is 3.12. The highest BCUT2D eigenvalue weighted by Crippen LogP contribution is 2.30. The summed E-state index contributed by atoms with van der Waals surface area (Å²) in [5.74, 6) is 0.374. The second kappa shape index (κ2) is 7.92. The maximum atomic E-state index is 12.8. The van der Waals surface area contributed by atoms with E-state index in [4.69, 9.17) is 11.6 Å². The second-order valence-electron chi connectivity index (χ2n) is 7.43. The summed E-state index contributed by atoms with van der Waals surface area (Å²) in [4.78, 5) is 17.4. The van der Waals surface area contributed by atoms with Crippen molar-refractivity contribution in [3.05, 3.63) is 23.5 Å². The van der Waals surface area contributed by atoms with Crippen LogP contribution in [0.3, 0.4) is 0 Å². The first-order valence-electron chi connectivity index (χ1n) is 9.28. The van der Waals surface area contributed by atoms with E-state index in [1.807, 2.05) is 18.0 Å². The normalized spacial score (nSPS) is 31.5. The van der Waals surface area contributed by atoms with Gasteiger partial charge in [-0.2, -0.15) is 0 Å². The highest BCUT2D eigenvalue weighted by Gasteiger charge is 2.35. The monoisotopic (exact) mass is 352 g/mol. The van der Waals surface area contributed by atoms with Gasteiger partial charge in [-0.1, -0.05) is 24.5 Å². The lowest BCUT2D eigenvalue weighted by Crippen LogP contribution is -2.53. The quantitative estimate of drug-likeness (QED) is 0.786. The van der Waals surface area contributed by atoms with Crippen LogP contribution < -0.4 is 0 Å². The summed E-state index contributed by atoms with van der Waals surface area (Å²) < 4.78 is 0. The predicted molar refractivity (Wildman–Crippen MR) is 97.3 cm³/mol. The Balaban J connectivity index is 1.63. The molecule has 1 amide bonds. The molecule has 0 aromatic rings. The van der Waals surface area contributed by atoms with Crippen LogP contribution in [0.5, 0.6) is 0 Å². The third kappa shape index (κ3) is 3.97. The van der Waals surface area contributed by atoms with Crippen molar-refractivity contribution in [3.8, 4) is 0 Å². The van der Waals surface area contributed by atoms with E-state index in [1.54, 1.807) is 6.08 Å². The molecule has 0 aromatic heterocycles. The minimum Gasteiger partial charge on any atom is -0.511 e. The van der Waals surface area contributed by atoms with Crippen molar-refractivity contribution in [1.82, 2.24) is 9.80 Å². The van der Waals surface area contributed by atoms with Crippen molar-refractivity contribution in [1.29, 1.82) is 0 Å². The molecule has 3 atom stereocenters. The van der Waals surface area contributed by atoms with E-state index in [0.29, 0.717) is 24.9 Å². The zero-order valence-electron chi connectivity index (χ0n) is 14.6. The van der Waals surface area contributed by atoms with E-state index in [9.17, 15) is 9.90 Å². The molecule has 0 radical (unpaired) electrons. The van der Waals surface area contributed by atoms with E-state index in [2.05, 4.69) is 4.90 Å². The number of aliphatic hydroxyl groups excluding tert-OH is 1. The summed E-state index contributed by atoms with van der Waals surface area (Å²) in [6.07, 6.45) is 11.8. The molecule has 2 unspecified atom stereocenters. The van der Waals surface area contributed by atoms with Gasteiger partial charge in [0.05, 0.1) is 5.38 Å². The molecule has 0 bridgehead atoms. The lowest BCUT2D eigenvalue weighted by molar-refractivity contribution is -0.133. The summed E-state index contributed by atoms with van der Waals surface area (Å²) in [7, 11) is 1.97. The zero-order valence-corrected chi connectivity index (χ0v) is 15.3. The molecule has 3 aliphatic rings. The third-order valence-corrected chi connectivity index (χ3v) is 6.20. The molecule has 3 rings (SSSR count). The van der Waals surface area contributed by atoms with Crippen LogP contribution in [0.1, 0.15) is 51.4 Å². The van der Waals surface area contributed by atoms with E-state index in [-0.39, 0.29) is 11.7 Å². The molecular weight excluding hydrogens is 324 g/mol. The Morgan fingerprint density at radius 3 is 2.67 bits per heavy atom. The molecule has 2 fully saturated rings. The van der Waals surface area contributed by atoms with Crippen LogP contribution >= 0.6 is 11.6 Å². The van der Waals surface area contributed by atoms with Crippen molar-refractivity contribution in [2.24, 2.45) is 0 Å². The van der Waals surface area contributed by atoms with Gasteiger partial charge in [0.25, 0.3) is 0 Å². The molecule has 1 N–H and O–H groups in total. The number of carbonyl (C=O) groups is 1. The Morgan fingerprint density at radius 2 is 1.96 bits per heavy atom. The van der Waals surface area contributed by atoms with Crippen LogP contribution in [-0.2, 0) is 4.79 Å². The van der Waals surface area contributed by atoms with Gasteiger partial charge in [-0.3, -0.25) is 9.69 Å². The van der Waals surface area contributed by atoms with Crippen LogP contribution in [0.4, 0.5) is 0 Å². The fraction of sp³-hybridized carbons (Fsp3) is 0.737. The van der Waals surface area contributed by atoms with Crippen LogP contribution in [0.25, 0.3) is 0 Å². The molecule has 1 saturated carbocycles. The Kier molecular flexibility index (Phi) is 5.88. The summed E-state index contributed by atoms with van der Waals surface area (Å²) in [6, 6.07) is 0.865. The third-order valence-electron chi connectivity index (χ3n) is 5.82. The maximum absolute atomic E-state index is 12.8. The summed E-state index contributed by atoms with van der Waals surface area (Å²) in [6.45, 7) is 2.37. The largest absolute Gasteiger partial charge is 0.511 e. The first kappa shape index (κ1) is 17.8. The number of carbonyl (C=O) groups excluding carboxylic acids is 1. The minimum atomic E-state index is -0.393. The smallest absolute Gasteiger partial charge is 0.226 e. The van der Waals surface area contributed by atoms with E-state index in [1.165, 1.54) is 45.2 Å². The molecule has 2 aliphatic carbocycles. The topological polar surface area (TPSA) is 43.8 Å². The van der Waals surface area contributed by atoms with Gasteiger partial charge in [-0.15, -0.1) is 11.6 Å². The standard InChI is InChI=1S/C19H29ClN2O2/c1-21(19(24)13-14-8-9-18(23)15(20)12-14)16-6-2-3-7-17(16)22-10-4-5-11-22/h8-9,15-17,23H,2-7,10-13H2,1H3/t15?,16?,17-/m1/s1. The van der Waals surface area contributed by atoms with Crippen molar-refractivity contribution in [3.63, 3.8) is 0 Å². The number of hydrogen-bond donors (Lipinski definition) is 1. The number of likely N-dealkylation sites (tertiary alicyclic amines) is 1. The van der Waals surface area contributed by atoms with Gasteiger partial charge in [-0.05, 0) is 51.3 Å². The van der Waals surface area contributed by atoms with Gasteiger partial charge in [0.15, 0.2) is 0 Å². The molecular formula is C19H29ClN2O2. The highest BCUT2D eigenvalue weighted by molar-refractivity contribution is 6.22. The molecule has 0 aromatic carbocycles. The minimum absolute atomic E-state index is 0.177. The van der Waals surface area contributed by atoms with Crippen molar-refractivity contribution in [2.75, 3.05) is 20.1 Å². The number of rotatable bonds is 4. The second-order valence-corrected chi connectivity index (χ2v) is 7.96. The van der Waals surface area contributed by atoms with E-state index < -0.39 is 5.38 Å². The molecule has 0 spiro atoms. The Bertz CT molecular complexity index is 525. The Hall–Kier alpha value is -1.00. The Morgan fingerprint density at radius 1 is 1.25 bits per heavy atom. The van der Waals surface area contributed by atoms with Gasteiger partial charge in [-0.25, -0.2) is 0 Å². The fourth-order valence-corrected chi connectivity index (χ4v) is 4.66. The number of alkyl halides is 1. The average molecular weight is 353 g/mol. The number of allylic oxidation sites excluding steroid dienone is 3. The first-order chi connectivity index (χ1) is 11.6. The zero-order chi connectivity index (χ0) is 17.1. The fourth-order valence-electron chi connectivity index (χ4n) is 4.39. The molecule has 134 valence electrons. The predicted octanol–water partition coefficient (Wildman–Crippen LogP) is 3.62. The number of halogens is 1. The molecule has 1 saturated heterocycles. The number of amides is 1. The van der Waals surface area contributed by atoms with Crippen LogP contribution in [-0.4, -0.2) is 58.4 Å². The lowest BCUT2D eigenvalue weighted by atomic mass is 9.88. The van der Waals surface area contributed by atoms with Gasteiger partial charge in [0.1, 0.15) is 5.76 Å². The number of aliphatic hydroxyl groups is 1. The van der Waals surface area contributed by atoms with Gasteiger partial charge < -0.3 is 10.0 Å². The molecule has 1 heterocycles. The number of hydrogen-bond acceptors (Lipinski definition) is 3. The molecule has 24 heavy (non-hydrogen) atoms. The summed E-state index contributed by atoms with van der Waals surface area (Å²) in [5.41, 5.74) is 1.01. The molecule has 5 heteroatoms. The summed E-state index contributed by atoms with van der Waals surface area (Å²) >= 11 is 6.09. The lowest BCUT2D eigenvalue weighted by Gasteiger charge is -2.42. The number of likely N-dealkylation sites (N-methyl/N-ethyl adjacent to an activating group) is 1. The number of nitrogens with zero attached hydrogens (tertiary/aromatic N) is 2. The maximum Gasteiger partial charge on any atom is 0.226 e. The van der Waals surface area contributed by atoms with Crippen molar-refractivity contribution >= 4 is 17.5 Å². The van der Waals surface area contributed by atoms with Gasteiger partial charge in [0, 0.05) is 25.6 Å². The highest BCUT2D eigenvalue weighted by atomic mass is 35.5. The summed E-state index contributed by atoms with van der Waals surface area (Å²) in [5, 5.41) is 9.19. The molecule has 4 nitrogen and oxygen atoms in total. The van der Waals surface area contributed by atoms with E-state index in [0.717, 1.165) is 12.0 Å². The SMILES string of the molecule is CN(C(=O)CC1=CC=C(O)C(Cl)C1)C1CCCC[C@H]1N1CCCC1. The van der Waals surface area contributed by atoms with Crippen LogP contribution in [0, 0.1) is 0 Å². The van der Waals surface area contributed by atoms with E-state index >= 15 is 0 Å².